The number of hydrogen-bond donors (Lipinski definition) is 3. The van der Waals surface area contributed by atoms with E-state index in [1.807, 2.05) is 19.9 Å². The highest BCUT2D eigenvalue weighted by Gasteiger charge is 2.23. The number of allylic oxidation sites excluding steroid dienone is 2. The quantitative estimate of drug-likeness (QED) is 0.521. The van der Waals surface area contributed by atoms with Crippen LogP contribution in [0.5, 0.6) is 0 Å². The number of H-pyrrole nitrogens is 2. The van der Waals surface area contributed by atoms with Crippen LogP contribution in [0.15, 0.2) is 33.0 Å². The highest BCUT2D eigenvalue weighted by molar-refractivity contribution is 6.30. The molecule has 0 atom stereocenters. The number of aromatic amines is 2. The number of carbonyl (C=O) groups is 2. The van der Waals surface area contributed by atoms with Crippen LogP contribution in [0.25, 0.3) is 18.2 Å². The Kier molecular flexibility index (Phi) is 7.39. The summed E-state index contributed by atoms with van der Waals surface area (Å²) in [6.07, 6.45) is 9.63. The SMILES string of the molecule is CCC1=C(C)C(=O)NC1=Cc1[nH]c(C=c2[nH]c(=CC3=NC(=O)C(C)=C3CC)c(C)c2CC)c(CC)c1C. The number of nitrogens with zero attached hydrogens (tertiary/aromatic N) is 1. The molecule has 0 aliphatic carbocycles. The summed E-state index contributed by atoms with van der Waals surface area (Å²) in [7, 11) is 0. The Hall–Kier alpha value is -3.67. The van der Waals surface area contributed by atoms with E-state index in [4.69, 9.17) is 0 Å². The lowest BCUT2D eigenvalue weighted by Gasteiger charge is -2.03. The zero-order chi connectivity index (χ0) is 27.0. The van der Waals surface area contributed by atoms with E-state index in [9.17, 15) is 9.59 Å². The third-order valence-electron chi connectivity index (χ3n) is 7.85. The smallest absolute Gasteiger partial charge is 0.273 e. The Morgan fingerprint density at radius 1 is 0.676 bits per heavy atom. The van der Waals surface area contributed by atoms with E-state index in [0.29, 0.717) is 0 Å². The summed E-state index contributed by atoms with van der Waals surface area (Å²) in [5.74, 6) is -0.154. The first-order valence-corrected chi connectivity index (χ1v) is 13.3. The van der Waals surface area contributed by atoms with Crippen LogP contribution in [0.4, 0.5) is 0 Å². The number of hydrogen-bond acceptors (Lipinski definition) is 2. The Morgan fingerprint density at radius 2 is 1.35 bits per heavy atom. The summed E-state index contributed by atoms with van der Waals surface area (Å²) in [4.78, 5) is 35.9. The van der Waals surface area contributed by atoms with E-state index in [0.717, 1.165) is 81.5 Å². The van der Waals surface area contributed by atoms with Crippen LogP contribution in [-0.2, 0) is 22.4 Å². The molecule has 6 heteroatoms. The Morgan fingerprint density at radius 3 is 1.97 bits per heavy atom. The summed E-state index contributed by atoms with van der Waals surface area (Å²) in [6, 6.07) is 0. The van der Waals surface area contributed by atoms with Gasteiger partial charge in [-0.15, -0.1) is 0 Å². The van der Waals surface area contributed by atoms with Crippen LogP contribution in [0.1, 0.15) is 88.0 Å². The molecule has 0 saturated heterocycles. The van der Waals surface area contributed by atoms with E-state index in [1.165, 1.54) is 22.3 Å². The summed E-state index contributed by atoms with van der Waals surface area (Å²) >= 11 is 0. The van der Waals surface area contributed by atoms with Gasteiger partial charge < -0.3 is 15.3 Å². The lowest BCUT2D eigenvalue weighted by Crippen LogP contribution is -2.15. The van der Waals surface area contributed by atoms with Gasteiger partial charge in [0.2, 0.25) is 0 Å². The molecule has 2 aromatic rings. The number of amides is 2. The molecule has 0 bridgehead atoms. The summed E-state index contributed by atoms with van der Waals surface area (Å²) in [5.41, 5.74) is 12.2. The van der Waals surface area contributed by atoms with Gasteiger partial charge in [-0.2, -0.15) is 0 Å². The first-order chi connectivity index (χ1) is 17.6. The maximum atomic E-state index is 12.2. The normalized spacial score (nSPS) is 18.3. The molecule has 194 valence electrons. The fraction of sp³-hybridized carbons (Fsp3) is 0.387. The molecule has 2 aliphatic rings. The van der Waals surface area contributed by atoms with E-state index in [-0.39, 0.29) is 11.8 Å². The molecule has 0 spiro atoms. The van der Waals surface area contributed by atoms with Crippen molar-refractivity contribution in [2.24, 2.45) is 4.99 Å². The highest BCUT2D eigenvalue weighted by Crippen LogP contribution is 2.28. The standard InChI is InChI=1S/C31H38N4O2/c1-9-20-16(5)24(13-28-22(11-3)18(7)30(36)34-28)32-26(20)15-27-21(10-2)17(6)25(33-27)14-29-23(12-4)19(8)31(37)35-29/h13-15,32-33H,9-12H2,1-8H3,(H,34,36). The van der Waals surface area contributed by atoms with Crippen molar-refractivity contribution in [2.45, 2.75) is 81.1 Å². The number of carbonyl (C=O) groups excluding carboxylic acids is 2. The van der Waals surface area contributed by atoms with Crippen molar-refractivity contribution in [2.75, 3.05) is 0 Å². The van der Waals surface area contributed by atoms with Gasteiger partial charge in [0.1, 0.15) is 0 Å². The maximum absolute atomic E-state index is 12.2. The minimum absolute atomic E-state index is 0.0159. The van der Waals surface area contributed by atoms with Crippen molar-refractivity contribution in [3.05, 3.63) is 72.3 Å². The van der Waals surface area contributed by atoms with Gasteiger partial charge in [-0.3, -0.25) is 9.59 Å². The van der Waals surface area contributed by atoms with Gasteiger partial charge in [0, 0.05) is 38.9 Å². The number of rotatable bonds is 7. The predicted molar refractivity (Wildman–Crippen MR) is 152 cm³/mol. The van der Waals surface area contributed by atoms with Crippen molar-refractivity contribution in [1.82, 2.24) is 15.3 Å². The largest absolute Gasteiger partial charge is 0.355 e. The van der Waals surface area contributed by atoms with Gasteiger partial charge in [-0.25, -0.2) is 4.99 Å². The fourth-order valence-corrected chi connectivity index (χ4v) is 5.59. The summed E-state index contributed by atoms with van der Waals surface area (Å²) < 4.78 is 0. The minimum Gasteiger partial charge on any atom is -0.355 e. The molecular weight excluding hydrogens is 460 g/mol. The highest BCUT2D eigenvalue weighted by atomic mass is 16.2. The molecule has 0 fully saturated rings. The van der Waals surface area contributed by atoms with Crippen LogP contribution in [-0.4, -0.2) is 27.5 Å². The van der Waals surface area contributed by atoms with Crippen molar-refractivity contribution in [3.8, 4) is 0 Å². The minimum atomic E-state index is -0.138. The van der Waals surface area contributed by atoms with Gasteiger partial charge in [-0.05, 0) is 105 Å². The van der Waals surface area contributed by atoms with Crippen LogP contribution < -0.4 is 16.0 Å². The van der Waals surface area contributed by atoms with E-state index >= 15 is 0 Å². The first kappa shape index (κ1) is 26.4. The number of aromatic nitrogens is 2. The molecular formula is C31H38N4O2. The lowest BCUT2D eigenvalue weighted by atomic mass is 10.0. The van der Waals surface area contributed by atoms with E-state index in [2.05, 4.69) is 74.0 Å². The maximum Gasteiger partial charge on any atom is 0.273 e. The van der Waals surface area contributed by atoms with Gasteiger partial charge in [0.15, 0.2) is 0 Å². The summed E-state index contributed by atoms with van der Waals surface area (Å²) in [5, 5.41) is 5.07. The van der Waals surface area contributed by atoms with Crippen LogP contribution in [0.2, 0.25) is 0 Å². The average Bonchev–Trinajstić information content (AvgIpc) is 3.51. The number of nitrogens with one attached hydrogen (secondary N) is 3. The molecule has 0 aromatic carbocycles. The molecule has 2 aromatic heterocycles. The third kappa shape index (κ3) is 4.61. The first-order valence-electron chi connectivity index (χ1n) is 13.3. The molecule has 0 unspecified atom stereocenters. The zero-order valence-electron chi connectivity index (χ0n) is 23.3. The Balaban J connectivity index is 1.84. The molecule has 3 N–H and O–H groups in total. The van der Waals surface area contributed by atoms with Gasteiger partial charge >= 0.3 is 0 Å². The molecule has 2 aliphatic heterocycles. The van der Waals surface area contributed by atoms with Gasteiger partial charge in [0.25, 0.3) is 11.8 Å². The van der Waals surface area contributed by atoms with Gasteiger partial charge in [-0.1, -0.05) is 27.7 Å². The molecule has 4 rings (SSSR count). The Labute approximate surface area is 219 Å². The number of aliphatic imine (C=N–C) groups is 1. The second kappa shape index (κ2) is 10.4. The molecule has 6 nitrogen and oxygen atoms in total. The van der Waals surface area contributed by atoms with Crippen molar-refractivity contribution in [1.29, 1.82) is 0 Å². The van der Waals surface area contributed by atoms with E-state index in [1.54, 1.807) is 0 Å². The van der Waals surface area contributed by atoms with E-state index < -0.39 is 0 Å². The van der Waals surface area contributed by atoms with Crippen molar-refractivity contribution >= 4 is 35.8 Å². The molecule has 0 saturated carbocycles. The monoisotopic (exact) mass is 498 g/mol. The summed E-state index contributed by atoms with van der Waals surface area (Å²) in [6.45, 7) is 16.5. The molecule has 2 amide bonds. The van der Waals surface area contributed by atoms with Crippen LogP contribution >= 0.6 is 0 Å². The van der Waals surface area contributed by atoms with Crippen molar-refractivity contribution < 1.29 is 9.59 Å². The van der Waals surface area contributed by atoms with Gasteiger partial charge in [0.05, 0.1) is 5.71 Å². The Bertz CT molecular complexity index is 1550. The third-order valence-corrected chi connectivity index (χ3v) is 7.85. The van der Waals surface area contributed by atoms with Crippen LogP contribution in [0, 0.1) is 13.8 Å². The molecule has 37 heavy (non-hydrogen) atoms. The molecule has 0 radical (unpaired) electrons. The molecule has 4 heterocycles. The topological polar surface area (TPSA) is 90.1 Å². The fourth-order valence-electron chi connectivity index (χ4n) is 5.59. The lowest BCUT2D eigenvalue weighted by molar-refractivity contribution is -0.116. The van der Waals surface area contributed by atoms with Crippen LogP contribution in [0.3, 0.4) is 0 Å². The van der Waals surface area contributed by atoms with Crippen molar-refractivity contribution in [3.63, 3.8) is 0 Å². The average molecular weight is 499 g/mol. The zero-order valence-corrected chi connectivity index (χ0v) is 23.3. The predicted octanol–water partition coefficient (Wildman–Crippen LogP) is 4.60. The second-order valence-electron chi connectivity index (χ2n) is 9.84. The second-order valence-corrected chi connectivity index (χ2v) is 9.84.